The second-order valence-electron chi connectivity index (χ2n) is 5.26. The van der Waals surface area contributed by atoms with Crippen molar-refractivity contribution in [3.8, 4) is 0 Å². The molecule has 0 bridgehead atoms. The van der Waals surface area contributed by atoms with Crippen LogP contribution in [0, 0.1) is 0 Å². The summed E-state index contributed by atoms with van der Waals surface area (Å²) in [5.41, 5.74) is 0. The first-order valence-electron chi connectivity index (χ1n) is 7.70. The summed E-state index contributed by atoms with van der Waals surface area (Å²) in [6, 6.07) is 5.29. The van der Waals surface area contributed by atoms with Crippen molar-refractivity contribution in [2.45, 2.75) is 9.96 Å². The second kappa shape index (κ2) is 10.1. The number of amides is 1. The number of pyridine rings is 1. The van der Waals surface area contributed by atoms with Crippen molar-refractivity contribution in [3.63, 3.8) is 0 Å². The highest BCUT2D eigenvalue weighted by Gasteiger charge is 2.34. The van der Waals surface area contributed by atoms with Gasteiger partial charge in [-0.05, 0) is 24.4 Å². The number of ether oxygens (including phenoxy) is 1. The summed E-state index contributed by atoms with van der Waals surface area (Å²) < 4.78 is 3.42. The van der Waals surface area contributed by atoms with Crippen LogP contribution in [-0.4, -0.2) is 57.2 Å². The van der Waals surface area contributed by atoms with Crippen molar-refractivity contribution in [1.82, 2.24) is 20.5 Å². The Hall–Kier alpha value is -1.32. The standard InChI is InChI=1S/C15H18Cl3N5O2S/c16-15(17,18)13(22-14(26)20-11-3-1-2-5-19-11)21-12(24)4-6-23-7-9-25-10-8-23/h1-6,13H,7-10H2,(H,21,24)(H2,19,20,22,26)/b6-4+. The van der Waals surface area contributed by atoms with E-state index < -0.39 is 15.9 Å². The molecular formula is C15H18Cl3N5O2S. The number of hydrogen-bond donors (Lipinski definition) is 3. The molecule has 1 aromatic heterocycles. The number of nitrogens with zero attached hydrogens (tertiary/aromatic N) is 2. The van der Waals surface area contributed by atoms with E-state index in [0.717, 1.165) is 0 Å². The summed E-state index contributed by atoms with van der Waals surface area (Å²) in [5, 5.41) is 8.33. The average Bonchev–Trinajstić information content (AvgIpc) is 2.60. The molecule has 0 saturated carbocycles. The minimum atomic E-state index is -1.82. The molecule has 1 aliphatic rings. The smallest absolute Gasteiger partial charge is 0.247 e. The van der Waals surface area contributed by atoms with Gasteiger partial charge in [0.1, 0.15) is 12.0 Å². The fraction of sp³-hybridized carbons (Fsp3) is 0.400. The predicted octanol–water partition coefficient (Wildman–Crippen LogP) is 2.03. The number of carbonyl (C=O) groups excluding carboxylic acids is 1. The van der Waals surface area contributed by atoms with Gasteiger partial charge in [0.05, 0.1) is 13.2 Å². The Balaban J connectivity index is 1.90. The number of morpholine rings is 1. The molecule has 7 nitrogen and oxygen atoms in total. The molecule has 1 aromatic rings. The number of thiocarbonyl (C=S) groups is 1. The zero-order valence-electron chi connectivity index (χ0n) is 13.6. The van der Waals surface area contributed by atoms with Gasteiger partial charge in [-0.1, -0.05) is 40.9 Å². The van der Waals surface area contributed by atoms with Crippen LogP contribution in [0.25, 0.3) is 0 Å². The molecule has 26 heavy (non-hydrogen) atoms. The number of hydrogen-bond acceptors (Lipinski definition) is 5. The molecule has 0 radical (unpaired) electrons. The Labute approximate surface area is 172 Å². The molecule has 142 valence electrons. The van der Waals surface area contributed by atoms with E-state index in [1.807, 2.05) is 4.90 Å². The van der Waals surface area contributed by atoms with E-state index in [1.165, 1.54) is 6.08 Å². The number of rotatable bonds is 5. The molecule has 1 saturated heterocycles. The van der Waals surface area contributed by atoms with Crippen LogP contribution >= 0.6 is 47.0 Å². The number of nitrogens with one attached hydrogen (secondary N) is 3. The molecule has 1 unspecified atom stereocenters. The summed E-state index contributed by atoms with van der Waals surface area (Å²) >= 11 is 23.0. The van der Waals surface area contributed by atoms with Crippen molar-refractivity contribution < 1.29 is 9.53 Å². The van der Waals surface area contributed by atoms with Gasteiger partial charge >= 0.3 is 0 Å². The third kappa shape index (κ3) is 7.51. The molecule has 1 aliphatic heterocycles. The third-order valence-electron chi connectivity index (χ3n) is 3.28. The van der Waals surface area contributed by atoms with Crippen LogP contribution in [0.15, 0.2) is 36.7 Å². The average molecular weight is 439 g/mol. The van der Waals surface area contributed by atoms with Gasteiger partial charge in [-0.15, -0.1) is 0 Å². The van der Waals surface area contributed by atoms with Crippen LogP contribution < -0.4 is 16.0 Å². The number of alkyl halides is 3. The Morgan fingerprint density at radius 2 is 2.04 bits per heavy atom. The zero-order valence-corrected chi connectivity index (χ0v) is 16.7. The van der Waals surface area contributed by atoms with Crippen molar-refractivity contribution >= 4 is 63.9 Å². The molecule has 1 fully saturated rings. The lowest BCUT2D eigenvalue weighted by Crippen LogP contribution is -2.55. The Bertz CT molecular complexity index is 636. The highest BCUT2D eigenvalue weighted by molar-refractivity contribution is 7.80. The normalized spacial score (nSPS) is 16.2. The zero-order chi connectivity index (χ0) is 19.0. The number of halogens is 3. The number of carbonyl (C=O) groups is 1. The van der Waals surface area contributed by atoms with Gasteiger partial charge in [0.25, 0.3) is 0 Å². The summed E-state index contributed by atoms with van der Waals surface area (Å²) in [6.45, 7) is 2.68. The molecule has 2 rings (SSSR count). The first kappa shape index (κ1) is 21.0. The first-order valence-corrected chi connectivity index (χ1v) is 9.24. The van der Waals surface area contributed by atoms with Crippen LogP contribution in [0.4, 0.5) is 5.82 Å². The highest BCUT2D eigenvalue weighted by Crippen LogP contribution is 2.29. The SMILES string of the molecule is O=C(/C=C/N1CCOCC1)NC(NC(=S)Nc1ccccn1)C(Cl)(Cl)Cl. The maximum Gasteiger partial charge on any atom is 0.247 e. The van der Waals surface area contributed by atoms with E-state index >= 15 is 0 Å². The van der Waals surface area contributed by atoms with Gasteiger partial charge in [0.15, 0.2) is 5.11 Å². The fourth-order valence-corrected chi connectivity index (χ4v) is 2.56. The van der Waals surface area contributed by atoms with Crippen molar-refractivity contribution in [1.29, 1.82) is 0 Å². The molecular weight excluding hydrogens is 421 g/mol. The molecule has 11 heteroatoms. The predicted molar refractivity (Wildman–Crippen MR) is 107 cm³/mol. The Morgan fingerprint density at radius 1 is 1.31 bits per heavy atom. The van der Waals surface area contributed by atoms with E-state index in [0.29, 0.717) is 32.1 Å². The lowest BCUT2D eigenvalue weighted by molar-refractivity contribution is -0.117. The van der Waals surface area contributed by atoms with Crippen LogP contribution in [0.3, 0.4) is 0 Å². The van der Waals surface area contributed by atoms with Gasteiger partial charge in [-0.25, -0.2) is 4.98 Å². The monoisotopic (exact) mass is 437 g/mol. The van der Waals surface area contributed by atoms with Crippen molar-refractivity contribution in [2.75, 3.05) is 31.6 Å². The molecule has 1 atom stereocenters. The minimum Gasteiger partial charge on any atom is -0.378 e. The van der Waals surface area contributed by atoms with Crippen molar-refractivity contribution in [3.05, 3.63) is 36.7 Å². The van der Waals surface area contributed by atoms with Crippen LogP contribution in [0.2, 0.25) is 0 Å². The summed E-state index contributed by atoms with van der Waals surface area (Å²) in [4.78, 5) is 18.2. The Kier molecular flexibility index (Phi) is 8.17. The second-order valence-corrected chi connectivity index (χ2v) is 8.04. The van der Waals surface area contributed by atoms with Gasteiger partial charge in [-0.2, -0.15) is 0 Å². The van der Waals surface area contributed by atoms with Gasteiger partial charge < -0.3 is 25.6 Å². The topological polar surface area (TPSA) is 78.5 Å². The van der Waals surface area contributed by atoms with E-state index in [4.69, 9.17) is 51.8 Å². The van der Waals surface area contributed by atoms with Gasteiger partial charge in [-0.3, -0.25) is 4.79 Å². The minimum absolute atomic E-state index is 0.150. The lowest BCUT2D eigenvalue weighted by atomic mass is 10.4. The number of anilines is 1. The maximum absolute atomic E-state index is 12.1. The molecule has 1 amide bonds. The molecule has 0 aromatic carbocycles. The maximum atomic E-state index is 12.1. The van der Waals surface area contributed by atoms with E-state index in [9.17, 15) is 4.79 Å². The first-order chi connectivity index (χ1) is 12.3. The molecule has 0 aliphatic carbocycles. The lowest BCUT2D eigenvalue weighted by Gasteiger charge is -2.27. The molecule has 0 spiro atoms. The van der Waals surface area contributed by atoms with E-state index in [1.54, 1.807) is 30.6 Å². The summed E-state index contributed by atoms with van der Waals surface area (Å²) in [6.07, 6.45) is 3.61. The molecule has 2 heterocycles. The largest absolute Gasteiger partial charge is 0.378 e. The van der Waals surface area contributed by atoms with Gasteiger partial charge in [0, 0.05) is 31.6 Å². The fourth-order valence-electron chi connectivity index (χ4n) is 2.01. The molecule has 3 N–H and O–H groups in total. The highest BCUT2D eigenvalue weighted by atomic mass is 35.6. The third-order valence-corrected chi connectivity index (χ3v) is 4.15. The summed E-state index contributed by atoms with van der Waals surface area (Å²) in [5.74, 6) is 0.0903. The summed E-state index contributed by atoms with van der Waals surface area (Å²) in [7, 11) is 0. The van der Waals surface area contributed by atoms with Crippen LogP contribution in [0.5, 0.6) is 0 Å². The van der Waals surface area contributed by atoms with Crippen LogP contribution in [-0.2, 0) is 9.53 Å². The van der Waals surface area contributed by atoms with Crippen molar-refractivity contribution in [2.24, 2.45) is 0 Å². The number of aromatic nitrogens is 1. The van der Waals surface area contributed by atoms with E-state index in [2.05, 4.69) is 20.9 Å². The Morgan fingerprint density at radius 3 is 2.65 bits per heavy atom. The van der Waals surface area contributed by atoms with Crippen LogP contribution in [0.1, 0.15) is 0 Å². The quantitative estimate of drug-likeness (QED) is 0.281. The van der Waals surface area contributed by atoms with E-state index in [-0.39, 0.29) is 5.11 Å². The van der Waals surface area contributed by atoms with Gasteiger partial charge in [0.2, 0.25) is 9.70 Å².